The molecular weight excluding hydrogens is 342 g/mol. The third kappa shape index (κ3) is 4.16. The Morgan fingerprint density at radius 3 is 2.56 bits per heavy atom. The van der Waals surface area contributed by atoms with Crippen LogP contribution in [-0.4, -0.2) is 50.9 Å². The van der Waals surface area contributed by atoms with Crippen LogP contribution < -0.4 is 10.2 Å². The maximum absolute atomic E-state index is 12.4. The summed E-state index contributed by atoms with van der Waals surface area (Å²) in [5.41, 5.74) is 1.49. The molecule has 2 heterocycles. The largest absolute Gasteiger partial charge is 0.350 e. The van der Waals surface area contributed by atoms with Gasteiger partial charge in [0.1, 0.15) is 0 Å². The molecule has 0 bridgehead atoms. The van der Waals surface area contributed by atoms with Gasteiger partial charge in [-0.1, -0.05) is 12.1 Å². The van der Waals surface area contributed by atoms with Crippen molar-refractivity contribution < 1.29 is 4.79 Å². The molecule has 0 aliphatic rings. The van der Waals surface area contributed by atoms with Crippen LogP contribution in [0.3, 0.4) is 0 Å². The molecule has 0 fully saturated rings. The topological polar surface area (TPSA) is 80.9 Å². The summed E-state index contributed by atoms with van der Waals surface area (Å²) < 4.78 is 3.81. The van der Waals surface area contributed by atoms with E-state index in [0.717, 1.165) is 18.1 Å². The molecule has 2 aromatic heterocycles. The summed E-state index contributed by atoms with van der Waals surface area (Å²) in [5, 5.41) is 7.49. The van der Waals surface area contributed by atoms with E-state index in [0.29, 0.717) is 17.9 Å². The molecule has 1 aromatic carbocycles. The van der Waals surface area contributed by atoms with Crippen molar-refractivity contribution in [3.8, 4) is 11.4 Å². The van der Waals surface area contributed by atoms with Crippen LogP contribution in [0.5, 0.6) is 0 Å². The lowest BCUT2D eigenvalue weighted by molar-refractivity contribution is 0.0948. The zero-order valence-corrected chi connectivity index (χ0v) is 16.1. The predicted molar refractivity (Wildman–Crippen MR) is 105 cm³/mol. The van der Waals surface area contributed by atoms with E-state index < -0.39 is 0 Å². The lowest BCUT2D eigenvalue weighted by atomic mass is 10.1. The fraction of sp³-hybridized carbons (Fsp3) is 0.368. The Labute approximate surface area is 158 Å². The molecule has 0 radical (unpaired) electrons. The fourth-order valence-corrected chi connectivity index (χ4v) is 2.75. The Bertz CT molecular complexity index is 881. The molecule has 3 aromatic rings. The molecule has 1 atom stereocenters. The number of aryl methyl sites for hydroxylation is 1. The number of aromatic nitrogens is 5. The fourth-order valence-electron chi connectivity index (χ4n) is 2.75. The van der Waals surface area contributed by atoms with Crippen LogP contribution >= 0.6 is 0 Å². The van der Waals surface area contributed by atoms with Gasteiger partial charge in [-0.15, -0.1) is 5.10 Å². The molecule has 8 heteroatoms. The monoisotopic (exact) mass is 367 g/mol. The van der Waals surface area contributed by atoms with Gasteiger partial charge in [-0.25, -0.2) is 9.67 Å². The first kappa shape index (κ1) is 18.6. The average molecular weight is 367 g/mol. The number of hydrogen-bond acceptors (Lipinski definition) is 5. The zero-order chi connectivity index (χ0) is 19.4. The van der Waals surface area contributed by atoms with Gasteiger partial charge in [-0.05, 0) is 26.0 Å². The quantitative estimate of drug-likeness (QED) is 0.692. The number of carbonyl (C=O) groups excluding carboxylic acids is 1. The molecule has 142 valence electrons. The molecule has 0 unspecified atom stereocenters. The number of imidazole rings is 1. The normalized spacial score (nSPS) is 12.0. The van der Waals surface area contributed by atoms with E-state index in [1.165, 1.54) is 0 Å². The van der Waals surface area contributed by atoms with E-state index in [-0.39, 0.29) is 11.9 Å². The first-order chi connectivity index (χ1) is 13.0. The van der Waals surface area contributed by atoms with Gasteiger partial charge in [-0.2, -0.15) is 4.98 Å². The molecule has 3 rings (SSSR count). The van der Waals surface area contributed by atoms with Crippen molar-refractivity contribution in [3.05, 3.63) is 48.5 Å². The molecule has 8 nitrogen and oxygen atoms in total. The first-order valence-corrected chi connectivity index (χ1v) is 8.97. The molecule has 1 amide bonds. The van der Waals surface area contributed by atoms with E-state index in [2.05, 4.69) is 20.4 Å². The van der Waals surface area contributed by atoms with E-state index in [9.17, 15) is 4.79 Å². The van der Waals surface area contributed by atoms with Gasteiger partial charge in [-0.3, -0.25) is 4.79 Å². The number of rotatable bonds is 7. The number of nitrogens with one attached hydrogen (secondary N) is 1. The second-order valence-electron chi connectivity index (χ2n) is 6.59. The molecule has 27 heavy (non-hydrogen) atoms. The highest BCUT2D eigenvalue weighted by Gasteiger charge is 2.13. The lowest BCUT2D eigenvalue weighted by Crippen LogP contribution is -2.29. The number of hydrogen-bond donors (Lipinski definition) is 1. The van der Waals surface area contributed by atoms with E-state index in [4.69, 9.17) is 0 Å². The number of nitrogens with zero attached hydrogens (tertiary/aromatic N) is 6. The maximum atomic E-state index is 12.4. The third-order valence-electron chi connectivity index (χ3n) is 4.35. The molecule has 1 N–H and O–H groups in total. The highest BCUT2D eigenvalue weighted by atomic mass is 16.1. The van der Waals surface area contributed by atoms with Gasteiger partial charge in [0.15, 0.2) is 5.82 Å². The van der Waals surface area contributed by atoms with E-state index >= 15 is 0 Å². The highest BCUT2D eigenvalue weighted by Crippen LogP contribution is 2.20. The SMILES string of the molecule is CCn1nc(-c2ccc(C(=O)NC[C@@H](C)n3ccnc3)cc2)nc1N(C)C. The molecule has 0 aliphatic carbocycles. The molecular formula is C19H25N7O. The Hall–Kier alpha value is -3.16. The van der Waals surface area contributed by atoms with Crippen LogP contribution in [0, 0.1) is 0 Å². The van der Waals surface area contributed by atoms with Gasteiger partial charge in [0.05, 0.1) is 6.33 Å². The second-order valence-corrected chi connectivity index (χ2v) is 6.59. The minimum atomic E-state index is -0.102. The highest BCUT2D eigenvalue weighted by molar-refractivity contribution is 5.94. The summed E-state index contributed by atoms with van der Waals surface area (Å²) in [6, 6.07) is 7.50. The Kier molecular flexibility index (Phi) is 5.54. The van der Waals surface area contributed by atoms with Crippen molar-refractivity contribution in [2.24, 2.45) is 0 Å². The summed E-state index contributed by atoms with van der Waals surface area (Å²) in [6.45, 7) is 5.34. The minimum absolute atomic E-state index is 0.102. The van der Waals surface area contributed by atoms with Crippen molar-refractivity contribution >= 4 is 11.9 Å². The van der Waals surface area contributed by atoms with Crippen LogP contribution in [0.25, 0.3) is 11.4 Å². The van der Waals surface area contributed by atoms with Crippen LogP contribution in [0.4, 0.5) is 5.95 Å². The third-order valence-corrected chi connectivity index (χ3v) is 4.35. The number of amides is 1. The van der Waals surface area contributed by atoms with Crippen LogP contribution in [0.2, 0.25) is 0 Å². The van der Waals surface area contributed by atoms with Crippen molar-refractivity contribution in [3.63, 3.8) is 0 Å². The van der Waals surface area contributed by atoms with Crippen molar-refractivity contribution in [1.82, 2.24) is 29.6 Å². The lowest BCUT2D eigenvalue weighted by Gasteiger charge is -2.14. The summed E-state index contributed by atoms with van der Waals surface area (Å²) >= 11 is 0. The van der Waals surface area contributed by atoms with Gasteiger partial charge in [0.25, 0.3) is 5.91 Å². The van der Waals surface area contributed by atoms with Gasteiger partial charge in [0, 0.05) is 56.7 Å². The van der Waals surface area contributed by atoms with Crippen LogP contribution in [-0.2, 0) is 6.54 Å². The van der Waals surface area contributed by atoms with Crippen molar-refractivity contribution in [1.29, 1.82) is 0 Å². The van der Waals surface area contributed by atoms with Crippen LogP contribution in [0.1, 0.15) is 30.2 Å². The van der Waals surface area contributed by atoms with E-state index in [1.807, 2.05) is 60.4 Å². The average Bonchev–Trinajstić information content (AvgIpc) is 3.35. The van der Waals surface area contributed by atoms with Gasteiger partial charge >= 0.3 is 0 Å². The molecule has 0 saturated carbocycles. The standard InChI is InChI=1S/C19H25N7O/c1-5-26-19(24(3)4)22-17(23-26)15-6-8-16(9-7-15)18(27)21-12-14(2)25-11-10-20-13-25/h6-11,13-14H,5,12H2,1-4H3,(H,21,27)/t14-/m1/s1. The Balaban J connectivity index is 1.67. The van der Waals surface area contributed by atoms with Crippen LogP contribution in [0.15, 0.2) is 43.0 Å². The summed E-state index contributed by atoms with van der Waals surface area (Å²) in [7, 11) is 3.89. The first-order valence-electron chi connectivity index (χ1n) is 8.97. The smallest absolute Gasteiger partial charge is 0.251 e. The molecule has 0 spiro atoms. The molecule has 0 saturated heterocycles. The number of benzene rings is 1. The molecule has 0 aliphatic heterocycles. The number of anilines is 1. The minimum Gasteiger partial charge on any atom is -0.350 e. The maximum Gasteiger partial charge on any atom is 0.251 e. The van der Waals surface area contributed by atoms with Crippen molar-refractivity contribution in [2.45, 2.75) is 26.4 Å². The number of carbonyl (C=O) groups is 1. The Morgan fingerprint density at radius 2 is 2.00 bits per heavy atom. The van der Waals surface area contributed by atoms with E-state index in [1.54, 1.807) is 24.7 Å². The predicted octanol–water partition coefficient (Wildman–Crippen LogP) is 2.22. The van der Waals surface area contributed by atoms with Crippen molar-refractivity contribution in [2.75, 3.05) is 25.5 Å². The summed E-state index contributed by atoms with van der Waals surface area (Å²) in [5.74, 6) is 1.36. The van der Waals surface area contributed by atoms with Gasteiger partial charge < -0.3 is 14.8 Å². The van der Waals surface area contributed by atoms with Gasteiger partial charge in [0.2, 0.25) is 5.95 Å². The zero-order valence-electron chi connectivity index (χ0n) is 16.1. The Morgan fingerprint density at radius 1 is 1.26 bits per heavy atom. The summed E-state index contributed by atoms with van der Waals surface area (Å²) in [6.07, 6.45) is 5.36. The summed E-state index contributed by atoms with van der Waals surface area (Å²) in [4.78, 5) is 22.9. The second kappa shape index (κ2) is 8.03.